The van der Waals surface area contributed by atoms with Crippen molar-refractivity contribution in [2.75, 3.05) is 0 Å². The van der Waals surface area contributed by atoms with Crippen LogP contribution in [0.5, 0.6) is 0 Å². The van der Waals surface area contributed by atoms with Crippen LogP contribution in [0.15, 0.2) is 54.7 Å². The molecule has 5 aromatic rings. The number of hydrogen-bond acceptors (Lipinski definition) is 1. The summed E-state index contributed by atoms with van der Waals surface area (Å²) in [7, 11) is 2.21. The van der Waals surface area contributed by atoms with Crippen LogP contribution in [-0.2, 0) is 7.05 Å². The van der Waals surface area contributed by atoms with Gasteiger partial charge in [0.1, 0.15) is 5.52 Å². The molecule has 0 amide bonds. The SMILES string of the molecule is Cc1ccnc2c3ccccc3[n+]3c4ccc(C5CCCCC5)cc4n(C)c3c12. The molecule has 6 rings (SSSR count). The van der Waals surface area contributed by atoms with Crippen molar-refractivity contribution in [2.45, 2.75) is 44.9 Å². The predicted octanol–water partition coefficient (Wildman–Crippen LogP) is 5.97. The Morgan fingerprint density at radius 3 is 2.66 bits per heavy atom. The smallest absolute Gasteiger partial charge is 0.255 e. The van der Waals surface area contributed by atoms with Crippen molar-refractivity contribution >= 4 is 38.5 Å². The molecule has 0 N–H and O–H groups in total. The highest BCUT2D eigenvalue weighted by Gasteiger charge is 2.26. The summed E-state index contributed by atoms with van der Waals surface area (Å²) in [6, 6.07) is 18.0. The average molecular weight is 381 g/mol. The van der Waals surface area contributed by atoms with E-state index in [1.807, 2.05) is 6.20 Å². The lowest BCUT2D eigenvalue weighted by Gasteiger charge is -2.21. The number of para-hydroxylation sites is 1. The first kappa shape index (κ1) is 17.0. The van der Waals surface area contributed by atoms with Crippen molar-refractivity contribution in [3.8, 4) is 0 Å². The largest absolute Gasteiger partial charge is 0.297 e. The van der Waals surface area contributed by atoms with Crippen molar-refractivity contribution < 1.29 is 4.40 Å². The van der Waals surface area contributed by atoms with Gasteiger partial charge in [0.25, 0.3) is 5.65 Å². The molecule has 3 heteroatoms. The average Bonchev–Trinajstić information content (AvgIpc) is 3.07. The maximum atomic E-state index is 4.80. The molecule has 0 bridgehead atoms. The van der Waals surface area contributed by atoms with E-state index in [-0.39, 0.29) is 0 Å². The summed E-state index contributed by atoms with van der Waals surface area (Å²) in [6.45, 7) is 2.20. The van der Waals surface area contributed by atoms with Crippen LogP contribution in [0.1, 0.15) is 49.1 Å². The minimum atomic E-state index is 0.716. The second-order valence-electron chi connectivity index (χ2n) is 8.67. The Kier molecular flexibility index (Phi) is 3.67. The lowest BCUT2D eigenvalue weighted by Crippen LogP contribution is -2.23. The Morgan fingerprint density at radius 2 is 1.79 bits per heavy atom. The third kappa shape index (κ3) is 2.37. The van der Waals surface area contributed by atoms with E-state index < -0.39 is 0 Å². The molecule has 0 radical (unpaired) electrons. The first-order chi connectivity index (χ1) is 14.2. The fraction of sp³-hybridized carbons (Fsp3) is 0.308. The van der Waals surface area contributed by atoms with Crippen molar-refractivity contribution in [3.63, 3.8) is 0 Å². The fourth-order valence-electron chi connectivity index (χ4n) is 5.50. The summed E-state index contributed by atoms with van der Waals surface area (Å²) >= 11 is 0. The zero-order valence-electron chi connectivity index (χ0n) is 17.2. The minimum Gasteiger partial charge on any atom is -0.255 e. The molecule has 3 aromatic heterocycles. The number of aryl methyl sites for hydroxylation is 2. The number of fused-ring (bicyclic) bond motifs is 8. The van der Waals surface area contributed by atoms with Gasteiger partial charge in [0, 0.05) is 11.6 Å². The first-order valence-electron chi connectivity index (χ1n) is 10.8. The van der Waals surface area contributed by atoms with Crippen LogP contribution in [0, 0.1) is 6.92 Å². The Morgan fingerprint density at radius 1 is 0.966 bits per heavy atom. The molecule has 1 fully saturated rings. The monoisotopic (exact) mass is 380 g/mol. The Bertz CT molecular complexity index is 1400. The van der Waals surface area contributed by atoms with Crippen LogP contribution in [0.25, 0.3) is 38.5 Å². The lowest BCUT2D eigenvalue weighted by molar-refractivity contribution is -0.449. The van der Waals surface area contributed by atoms with Gasteiger partial charge in [0.2, 0.25) is 0 Å². The van der Waals surface area contributed by atoms with Crippen LogP contribution < -0.4 is 4.40 Å². The molecule has 2 aromatic carbocycles. The minimum absolute atomic E-state index is 0.716. The summed E-state index contributed by atoms with van der Waals surface area (Å²) in [5.41, 5.74) is 8.93. The molecule has 3 nitrogen and oxygen atoms in total. The number of aromatic nitrogens is 3. The molecular weight excluding hydrogens is 354 g/mol. The summed E-state index contributed by atoms with van der Waals surface area (Å²) < 4.78 is 4.82. The van der Waals surface area contributed by atoms with Crippen molar-refractivity contribution in [1.82, 2.24) is 9.55 Å². The second-order valence-corrected chi connectivity index (χ2v) is 8.67. The van der Waals surface area contributed by atoms with Gasteiger partial charge in [0.05, 0.1) is 18.0 Å². The topological polar surface area (TPSA) is 21.9 Å². The van der Waals surface area contributed by atoms with E-state index in [9.17, 15) is 0 Å². The van der Waals surface area contributed by atoms with Crippen molar-refractivity contribution in [3.05, 3.63) is 65.9 Å². The van der Waals surface area contributed by atoms with Gasteiger partial charge in [-0.2, -0.15) is 4.40 Å². The van der Waals surface area contributed by atoms with Crippen molar-refractivity contribution in [2.24, 2.45) is 7.05 Å². The zero-order chi connectivity index (χ0) is 19.5. The number of benzene rings is 2. The van der Waals surface area contributed by atoms with E-state index in [0.29, 0.717) is 5.92 Å². The highest BCUT2D eigenvalue weighted by atomic mass is 15.1. The van der Waals surface area contributed by atoms with Gasteiger partial charge in [-0.1, -0.05) is 37.5 Å². The van der Waals surface area contributed by atoms with Crippen LogP contribution in [0.4, 0.5) is 0 Å². The zero-order valence-corrected chi connectivity index (χ0v) is 17.2. The molecule has 0 saturated heterocycles. The van der Waals surface area contributed by atoms with Gasteiger partial charge in [-0.3, -0.25) is 4.98 Å². The quantitative estimate of drug-likeness (QED) is 0.259. The lowest BCUT2D eigenvalue weighted by atomic mass is 9.84. The maximum absolute atomic E-state index is 4.80. The van der Waals surface area contributed by atoms with Crippen LogP contribution >= 0.6 is 0 Å². The first-order valence-corrected chi connectivity index (χ1v) is 10.8. The number of hydrogen-bond donors (Lipinski definition) is 0. The molecule has 0 atom stereocenters. The summed E-state index contributed by atoms with van der Waals surface area (Å²) in [5.74, 6) is 0.716. The highest BCUT2D eigenvalue weighted by Crippen LogP contribution is 2.35. The van der Waals surface area contributed by atoms with Crippen LogP contribution in [-0.4, -0.2) is 9.55 Å². The second kappa shape index (κ2) is 6.28. The van der Waals surface area contributed by atoms with Crippen molar-refractivity contribution in [1.29, 1.82) is 0 Å². The molecule has 0 unspecified atom stereocenters. The molecule has 1 aliphatic carbocycles. The van der Waals surface area contributed by atoms with Gasteiger partial charge in [-0.25, -0.2) is 4.57 Å². The Hall–Kier alpha value is -2.94. The van der Waals surface area contributed by atoms with Gasteiger partial charge in [-0.05, 0) is 67.1 Å². The van der Waals surface area contributed by atoms with E-state index in [1.165, 1.54) is 76.2 Å². The highest BCUT2D eigenvalue weighted by molar-refractivity contribution is 6.09. The third-order valence-electron chi connectivity index (χ3n) is 6.99. The number of nitrogens with zero attached hydrogens (tertiary/aromatic N) is 3. The van der Waals surface area contributed by atoms with E-state index in [4.69, 9.17) is 4.98 Å². The van der Waals surface area contributed by atoms with Crippen LogP contribution in [0.2, 0.25) is 0 Å². The van der Waals surface area contributed by atoms with Gasteiger partial charge in [-0.15, -0.1) is 0 Å². The van der Waals surface area contributed by atoms with E-state index in [1.54, 1.807) is 0 Å². The predicted molar refractivity (Wildman–Crippen MR) is 119 cm³/mol. The molecule has 0 aliphatic heterocycles. The van der Waals surface area contributed by atoms with E-state index in [0.717, 1.165) is 5.52 Å². The summed E-state index contributed by atoms with van der Waals surface area (Å²) in [6.07, 6.45) is 8.73. The molecule has 0 spiro atoms. The number of pyridine rings is 2. The molecule has 1 saturated carbocycles. The molecular formula is C26H26N3+. The Balaban J connectivity index is 1.78. The summed E-state index contributed by atoms with van der Waals surface area (Å²) in [4.78, 5) is 4.80. The summed E-state index contributed by atoms with van der Waals surface area (Å²) in [5, 5.41) is 2.47. The van der Waals surface area contributed by atoms with Gasteiger partial charge >= 0.3 is 0 Å². The fourth-order valence-corrected chi connectivity index (χ4v) is 5.50. The molecule has 1 aliphatic rings. The number of imidazole rings is 1. The van der Waals surface area contributed by atoms with E-state index in [2.05, 4.69) is 71.5 Å². The Labute approximate surface area is 170 Å². The third-order valence-corrected chi connectivity index (χ3v) is 6.99. The van der Waals surface area contributed by atoms with E-state index >= 15 is 0 Å². The molecule has 3 heterocycles. The standard InChI is InChI=1S/C26H26N3/c1-17-14-15-27-25-20-10-6-7-11-21(20)29-22-13-12-19(18-8-4-3-5-9-18)16-23(22)28(2)26(29)24(17)25/h6-7,10-16,18H,3-5,8-9H2,1-2H3/q+1. The normalized spacial score (nSPS) is 15.8. The van der Waals surface area contributed by atoms with Gasteiger partial charge < -0.3 is 0 Å². The molecule has 144 valence electrons. The van der Waals surface area contributed by atoms with Crippen LogP contribution in [0.3, 0.4) is 0 Å². The van der Waals surface area contributed by atoms with Gasteiger partial charge in [0.15, 0.2) is 11.0 Å². The molecule has 29 heavy (non-hydrogen) atoms. The number of rotatable bonds is 1. The maximum Gasteiger partial charge on any atom is 0.297 e.